The molecule has 0 bridgehead atoms. The van der Waals surface area contributed by atoms with E-state index in [0.29, 0.717) is 25.4 Å². The van der Waals surface area contributed by atoms with E-state index in [1.807, 2.05) is 24.3 Å². The molecule has 4 heteroatoms. The van der Waals surface area contributed by atoms with E-state index in [2.05, 4.69) is 6.92 Å². The second-order valence-corrected chi connectivity index (χ2v) is 3.88. The van der Waals surface area contributed by atoms with Crippen molar-refractivity contribution in [3.05, 3.63) is 24.3 Å². The number of benzene rings is 1. The van der Waals surface area contributed by atoms with Gasteiger partial charge in [-0.15, -0.1) is 0 Å². The van der Waals surface area contributed by atoms with Crippen molar-refractivity contribution in [2.75, 3.05) is 19.8 Å². The molecule has 1 atom stereocenters. The van der Waals surface area contributed by atoms with Crippen LogP contribution in [0.3, 0.4) is 0 Å². The van der Waals surface area contributed by atoms with Crippen molar-refractivity contribution in [1.29, 1.82) is 0 Å². The van der Waals surface area contributed by atoms with Crippen molar-refractivity contribution >= 4 is 0 Å². The summed E-state index contributed by atoms with van der Waals surface area (Å²) in [6.07, 6.45) is 1.50. The Kier molecular flexibility index (Phi) is 6.43. The van der Waals surface area contributed by atoms with E-state index in [1.54, 1.807) is 0 Å². The predicted molar refractivity (Wildman–Crippen MR) is 67.4 cm³/mol. The largest absolute Gasteiger partial charge is 0.490 e. The molecule has 1 rings (SSSR count). The first-order chi connectivity index (χ1) is 8.27. The summed E-state index contributed by atoms with van der Waals surface area (Å²) < 4.78 is 11.2. The van der Waals surface area contributed by atoms with Crippen LogP contribution in [0.5, 0.6) is 11.5 Å². The van der Waals surface area contributed by atoms with Gasteiger partial charge in [0, 0.05) is 12.6 Å². The molecule has 0 aliphatic rings. The van der Waals surface area contributed by atoms with Crippen LogP contribution in [-0.2, 0) is 0 Å². The van der Waals surface area contributed by atoms with E-state index >= 15 is 0 Å². The molecule has 3 N–H and O–H groups in total. The molecule has 17 heavy (non-hydrogen) atoms. The summed E-state index contributed by atoms with van der Waals surface area (Å²) in [4.78, 5) is 0. The molecular formula is C13H21NO3. The second kappa shape index (κ2) is 7.92. The third-order valence-corrected chi connectivity index (χ3v) is 2.26. The van der Waals surface area contributed by atoms with Crippen LogP contribution < -0.4 is 15.2 Å². The van der Waals surface area contributed by atoms with Crippen LogP contribution in [0.1, 0.15) is 19.8 Å². The molecule has 0 radical (unpaired) electrons. The summed E-state index contributed by atoms with van der Waals surface area (Å²) in [7, 11) is 0. The number of para-hydroxylation sites is 2. The van der Waals surface area contributed by atoms with Crippen LogP contribution in [0.15, 0.2) is 24.3 Å². The lowest BCUT2D eigenvalue weighted by Gasteiger charge is -2.15. The van der Waals surface area contributed by atoms with Gasteiger partial charge >= 0.3 is 0 Å². The molecule has 1 aromatic carbocycles. The number of aliphatic hydroxyl groups is 1. The van der Waals surface area contributed by atoms with Gasteiger partial charge in [-0.1, -0.05) is 19.1 Å². The average molecular weight is 239 g/mol. The molecule has 1 unspecified atom stereocenters. The van der Waals surface area contributed by atoms with E-state index in [9.17, 15) is 0 Å². The van der Waals surface area contributed by atoms with Crippen molar-refractivity contribution in [3.8, 4) is 11.5 Å². The van der Waals surface area contributed by atoms with Gasteiger partial charge in [0.1, 0.15) is 6.61 Å². The van der Waals surface area contributed by atoms with Crippen LogP contribution in [0.4, 0.5) is 0 Å². The smallest absolute Gasteiger partial charge is 0.161 e. The summed E-state index contributed by atoms with van der Waals surface area (Å²) in [6.45, 7) is 3.19. The lowest BCUT2D eigenvalue weighted by Crippen LogP contribution is -2.28. The minimum absolute atomic E-state index is 0.0819. The lowest BCUT2D eigenvalue weighted by molar-refractivity contribution is 0.223. The number of ether oxygens (including phenoxy) is 2. The fourth-order valence-electron chi connectivity index (χ4n) is 1.35. The zero-order valence-electron chi connectivity index (χ0n) is 10.3. The van der Waals surface area contributed by atoms with E-state index in [0.717, 1.165) is 12.2 Å². The standard InChI is InChI=1S/C13H21NO3/c1-2-9-16-12-5-3-4-6-13(12)17-10-11(14)7-8-15/h3-6,11,15H,2,7-10,14H2,1H3. The Morgan fingerprint density at radius 2 is 1.88 bits per heavy atom. The van der Waals surface area contributed by atoms with E-state index < -0.39 is 0 Å². The van der Waals surface area contributed by atoms with Gasteiger partial charge in [0.25, 0.3) is 0 Å². The summed E-state index contributed by atoms with van der Waals surface area (Å²) in [5, 5.41) is 8.74. The van der Waals surface area contributed by atoms with Crippen molar-refractivity contribution < 1.29 is 14.6 Å². The Bertz CT molecular complexity index is 317. The number of nitrogens with two attached hydrogens (primary N) is 1. The molecule has 4 nitrogen and oxygen atoms in total. The normalized spacial score (nSPS) is 12.2. The average Bonchev–Trinajstić information content (AvgIpc) is 2.35. The van der Waals surface area contributed by atoms with Crippen LogP contribution in [0.25, 0.3) is 0 Å². The Morgan fingerprint density at radius 1 is 1.24 bits per heavy atom. The Hall–Kier alpha value is -1.26. The number of aliphatic hydroxyl groups excluding tert-OH is 1. The lowest BCUT2D eigenvalue weighted by atomic mass is 10.2. The molecule has 1 aromatic rings. The first kappa shape index (κ1) is 13.8. The molecule has 0 amide bonds. The van der Waals surface area contributed by atoms with Crippen molar-refractivity contribution in [1.82, 2.24) is 0 Å². The monoisotopic (exact) mass is 239 g/mol. The first-order valence-electron chi connectivity index (χ1n) is 5.99. The minimum Gasteiger partial charge on any atom is -0.490 e. The van der Waals surface area contributed by atoms with Crippen molar-refractivity contribution in [2.24, 2.45) is 5.73 Å². The summed E-state index contributed by atoms with van der Waals surface area (Å²) >= 11 is 0. The van der Waals surface area contributed by atoms with E-state index in [1.165, 1.54) is 0 Å². The fourth-order valence-corrected chi connectivity index (χ4v) is 1.35. The highest BCUT2D eigenvalue weighted by molar-refractivity contribution is 5.39. The highest BCUT2D eigenvalue weighted by atomic mass is 16.5. The molecule has 0 spiro atoms. The first-order valence-corrected chi connectivity index (χ1v) is 5.99. The van der Waals surface area contributed by atoms with Gasteiger partial charge in [0.15, 0.2) is 11.5 Å². The maximum Gasteiger partial charge on any atom is 0.161 e. The SMILES string of the molecule is CCCOc1ccccc1OCC(N)CCO. The number of hydrogen-bond donors (Lipinski definition) is 2. The predicted octanol–water partition coefficient (Wildman–Crippen LogP) is 1.56. The zero-order valence-corrected chi connectivity index (χ0v) is 10.3. The Labute approximate surface area is 102 Å². The van der Waals surface area contributed by atoms with Crippen molar-refractivity contribution in [3.63, 3.8) is 0 Å². The summed E-state index contributed by atoms with van der Waals surface area (Å²) in [5.74, 6) is 1.44. The maximum atomic E-state index is 8.74. The topological polar surface area (TPSA) is 64.7 Å². The van der Waals surface area contributed by atoms with Gasteiger partial charge in [0.05, 0.1) is 6.61 Å². The fraction of sp³-hybridized carbons (Fsp3) is 0.538. The van der Waals surface area contributed by atoms with Gasteiger partial charge in [-0.05, 0) is 25.0 Å². The quantitative estimate of drug-likeness (QED) is 0.722. The van der Waals surface area contributed by atoms with E-state index in [-0.39, 0.29) is 12.6 Å². The van der Waals surface area contributed by atoms with E-state index in [4.69, 9.17) is 20.3 Å². The molecule has 0 aromatic heterocycles. The molecular weight excluding hydrogens is 218 g/mol. The van der Waals surface area contributed by atoms with Gasteiger partial charge < -0.3 is 20.3 Å². The van der Waals surface area contributed by atoms with Gasteiger partial charge in [-0.3, -0.25) is 0 Å². The van der Waals surface area contributed by atoms with Gasteiger partial charge in [-0.25, -0.2) is 0 Å². The molecule has 0 heterocycles. The molecule has 0 aliphatic carbocycles. The molecule has 96 valence electrons. The van der Waals surface area contributed by atoms with Crippen LogP contribution >= 0.6 is 0 Å². The maximum absolute atomic E-state index is 8.74. The van der Waals surface area contributed by atoms with Gasteiger partial charge in [0.2, 0.25) is 0 Å². The molecule has 0 aliphatic heterocycles. The summed E-state index contributed by atoms with van der Waals surface area (Å²) in [5.41, 5.74) is 5.76. The highest BCUT2D eigenvalue weighted by Gasteiger charge is 2.07. The number of hydrogen-bond acceptors (Lipinski definition) is 4. The molecule has 0 fully saturated rings. The van der Waals surface area contributed by atoms with Crippen LogP contribution in [0, 0.1) is 0 Å². The Balaban J connectivity index is 2.51. The molecule has 0 saturated heterocycles. The van der Waals surface area contributed by atoms with Crippen LogP contribution in [0.2, 0.25) is 0 Å². The third kappa shape index (κ3) is 5.06. The zero-order chi connectivity index (χ0) is 12.5. The molecule has 0 saturated carbocycles. The third-order valence-electron chi connectivity index (χ3n) is 2.26. The summed E-state index contributed by atoms with van der Waals surface area (Å²) in [6, 6.07) is 7.38. The Morgan fingerprint density at radius 3 is 2.47 bits per heavy atom. The van der Waals surface area contributed by atoms with Crippen LogP contribution in [-0.4, -0.2) is 31.0 Å². The van der Waals surface area contributed by atoms with Crippen molar-refractivity contribution in [2.45, 2.75) is 25.8 Å². The number of rotatable bonds is 8. The van der Waals surface area contributed by atoms with Gasteiger partial charge in [-0.2, -0.15) is 0 Å². The minimum atomic E-state index is -0.153. The second-order valence-electron chi connectivity index (χ2n) is 3.88. The highest BCUT2D eigenvalue weighted by Crippen LogP contribution is 2.26.